The second-order valence-electron chi connectivity index (χ2n) is 6.83. The van der Waals surface area contributed by atoms with Crippen LogP contribution in [-0.2, 0) is 16.6 Å². The van der Waals surface area contributed by atoms with Crippen LogP contribution in [0.4, 0.5) is 9.93 Å². The van der Waals surface area contributed by atoms with Gasteiger partial charge in [-0.15, -0.1) is 5.10 Å². The summed E-state index contributed by atoms with van der Waals surface area (Å²) in [6.45, 7) is 6.43. The van der Waals surface area contributed by atoms with E-state index in [-0.39, 0.29) is 11.3 Å². The van der Waals surface area contributed by atoms with Crippen molar-refractivity contribution in [1.29, 1.82) is 0 Å². The molecule has 0 unspecified atom stereocenters. The first-order chi connectivity index (χ1) is 12.2. The lowest BCUT2D eigenvalue weighted by Gasteiger charge is -2.20. The zero-order chi connectivity index (χ0) is 19.3. The molecule has 4 N–H and O–H groups in total. The van der Waals surface area contributed by atoms with Gasteiger partial charge in [0.15, 0.2) is 3.95 Å². The zero-order valence-corrected chi connectivity index (χ0v) is 16.8. The summed E-state index contributed by atoms with van der Waals surface area (Å²) < 4.78 is 0.460. The molecule has 0 fully saturated rings. The summed E-state index contributed by atoms with van der Waals surface area (Å²) in [5, 5.41) is 14.6. The fourth-order valence-electron chi connectivity index (χ4n) is 2.33. The smallest absolute Gasteiger partial charge is 0.321 e. The largest absolute Gasteiger partial charge is 0.357 e. The number of aromatic amines is 1. The van der Waals surface area contributed by atoms with Crippen LogP contribution < -0.4 is 16.0 Å². The first kappa shape index (κ1) is 20.1. The van der Waals surface area contributed by atoms with E-state index < -0.39 is 12.1 Å². The lowest BCUT2D eigenvalue weighted by atomic mass is 9.86. The molecule has 0 radical (unpaired) electrons. The van der Waals surface area contributed by atoms with Crippen LogP contribution in [0, 0.1) is 3.95 Å². The van der Waals surface area contributed by atoms with Crippen LogP contribution in [0.2, 0.25) is 0 Å². The number of nitrogens with zero attached hydrogens (tertiary/aromatic N) is 1. The molecule has 0 aliphatic heterocycles. The number of H-pyrrole nitrogens is 1. The minimum absolute atomic E-state index is 0.0607. The summed E-state index contributed by atoms with van der Waals surface area (Å²) >= 11 is 6.06. The quantitative estimate of drug-likeness (QED) is 0.587. The van der Waals surface area contributed by atoms with E-state index in [4.69, 9.17) is 12.2 Å². The van der Waals surface area contributed by atoms with E-state index in [1.807, 2.05) is 24.3 Å². The maximum absolute atomic E-state index is 12.1. The van der Waals surface area contributed by atoms with Crippen molar-refractivity contribution in [3.8, 4) is 0 Å². The van der Waals surface area contributed by atoms with E-state index in [1.165, 1.54) is 12.6 Å². The monoisotopic (exact) mass is 393 g/mol. The van der Waals surface area contributed by atoms with Crippen LogP contribution >= 0.6 is 23.6 Å². The van der Waals surface area contributed by atoms with Crippen LogP contribution in [0.25, 0.3) is 0 Å². The Morgan fingerprint density at radius 3 is 2.42 bits per heavy atom. The first-order valence-corrected chi connectivity index (χ1v) is 9.35. The van der Waals surface area contributed by atoms with Gasteiger partial charge in [0.1, 0.15) is 6.04 Å². The molecule has 26 heavy (non-hydrogen) atoms. The van der Waals surface area contributed by atoms with Gasteiger partial charge < -0.3 is 10.6 Å². The maximum Gasteiger partial charge on any atom is 0.321 e. The number of urea groups is 1. The molecule has 2 aromatic rings. The Morgan fingerprint density at radius 2 is 1.92 bits per heavy atom. The molecule has 1 heterocycles. The molecule has 0 saturated carbocycles. The van der Waals surface area contributed by atoms with E-state index >= 15 is 0 Å². The lowest BCUT2D eigenvalue weighted by molar-refractivity contribution is -0.122. The van der Waals surface area contributed by atoms with Crippen molar-refractivity contribution in [1.82, 2.24) is 20.8 Å². The average Bonchev–Trinajstić information content (AvgIpc) is 2.98. The fourth-order valence-corrected chi connectivity index (χ4v) is 3.12. The molecule has 0 aliphatic carbocycles. The van der Waals surface area contributed by atoms with Gasteiger partial charge >= 0.3 is 6.03 Å². The van der Waals surface area contributed by atoms with Crippen LogP contribution in [0.1, 0.15) is 31.9 Å². The Labute approximate surface area is 161 Å². The number of hydrogen-bond donors (Lipinski definition) is 4. The van der Waals surface area contributed by atoms with Crippen molar-refractivity contribution in [3.63, 3.8) is 0 Å². The molecule has 0 spiro atoms. The Bertz CT molecular complexity index is 821. The molecule has 1 aromatic carbocycles. The predicted octanol–water partition coefficient (Wildman–Crippen LogP) is 2.98. The van der Waals surface area contributed by atoms with E-state index in [0.29, 0.717) is 15.5 Å². The van der Waals surface area contributed by atoms with Gasteiger partial charge in [-0.1, -0.05) is 56.4 Å². The van der Waals surface area contributed by atoms with Gasteiger partial charge in [0.05, 0.1) is 0 Å². The SMILES string of the molecule is CNC(=O)[C@H](Cc1ccc(C(C)(C)C)cc1)NC(=O)Nc1n[nH]c(=S)s1. The Hall–Kier alpha value is -2.26. The molecule has 9 heteroatoms. The van der Waals surface area contributed by atoms with E-state index in [1.54, 1.807) is 0 Å². The third kappa shape index (κ3) is 5.63. The molecular formula is C17H23N5O2S2. The van der Waals surface area contributed by atoms with Gasteiger partial charge in [-0.3, -0.25) is 15.2 Å². The number of carbonyl (C=O) groups excluding carboxylic acids is 2. The number of rotatable bonds is 5. The molecule has 140 valence electrons. The third-order valence-corrected chi connectivity index (χ3v) is 4.79. The number of benzene rings is 1. The van der Waals surface area contributed by atoms with Crippen LogP contribution in [-0.4, -0.2) is 35.2 Å². The third-order valence-electron chi connectivity index (χ3n) is 3.79. The topological polar surface area (TPSA) is 98.9 Å². The second-order valence-corrected chi connectivity index (χ2v) is 8.50. The van der Waals surface area contributed by atoms with Gasteiger partial charge in [-0.05, 0) is 28.8 Å². The second kappa shape index (κ2) is 8.41. The number of amides is 3. The number of likely N-dealkylation sites (N-methyl/N-ethyl adjacent to an activating group) is 1. The lowest BCUT2D eigenvalue weighted by Crippen LogP contribution is -2.48. The zero-order valence-electron chi connectivity index (χ0n) is 15.2. The average molecular weight is 394 g/mol. The van der Waals surface area contributed by atoms with Crippen molar-refractivity contribution in [2.24, 2.45) is 0 Å². The molecule has 0 aliphatic rings. The summed E-state index contributed by atoms with van der Waals surface area (Å²) in [4.78, 5) is 24.3. The first-order valence-electron chi connectivity index (χ1n) is 8.13. The molecule has 3 amide bonds. The minimum atomic E-state index is -0.701. The number of carbonyl (C=O) groups is 2. The summed E-state index contributed by atoms with van der Waals surface area (Å²) in [5.74, 6) is -0.269. The molecular weight excluding hydrogens is 370 g/mol. The predicted molar refractivity (Wildman–Crippen MR) is 106 cm³/mol. The van der Waals surface area contributed by atoms with Crippen molar-refractivity contribution < 1.29 is 9.59 Å². The Kier molecular flexibility index (Phi) is 6.49. The van der Waals surface area contributed by atoms with Gasteiger partial charge in [-0.25, -0.2) is 4.79 Å². The number of aromatic nitrogens is 2. The van der Waals surface area contributed by atoms with E-state index in [0.717, 1.165) is 16.9 Å². The highest BCUT2D eigenvalue weighted by Crippen LogP contribution is 2.22. The van der Waals surface area contributed by atoms with Crippen molar-refractivity contribution >= 4 is 40.6 Å². The van der Waals surface area contributed by atoms with Gasteiger partial charge in [0, 0.05) is 13.5 Å². The normalized spacial score (nSPS) is 12.3. The molecule has 0 saturated heterocycles. The van der Waals surface area contributed by atoms with Crippen LogP contribution in [0.15, 0.2) is 24.3 Å². The van der Waals surface area contributed by atoms with E-state index in [9.17, 15) is 9.59 Å². The van der Waals surface area contributed by atoms with E-state index in [2.05, 4.69) is 46.9 Å². The molecule has 2 rings (SSSR count). The molecule has 0 bridgehead atoms. The summed E-state index contributed by atoms with van der Waals surface area (Å²) in [6.07, 6.45) is 0.383. The molecule has 7 nitrogen and oxygen atoms in total. The Morgan fingerprint density at radius 1 is 1.27 bits per heavy atom. The standard InChI is InChI=1S/C17H23N5O2S2/c1-17(2,3)11-7-5-10(6-8-11)9-12(13(23)18-4)19-14(24)20-15-21-22-16(25)26-15/h5-8,12H,9H2,1-4H3,(H,18,23)(H,22,25)(H2,19,20,21,24)/t12-/m0/s1. The minimum Gasteiger partial charge on any atom is -0.357 e. The highest BCUT2D eigenvalue weighted by molar-refractivity contribution is 7.73. The van der Waals surface area contributed by atoms with Crippen molar-refractivity contribution in [3.05, 3.63) is 39.3 Å². The highest BCUT2D eigenvalue weighted by atomic mass is 32.1. The molecule has 1 aromatic heterocycles. The van der Waals surface area contributed by atoms with Gasteiger partial charge in [-0.2, -0.15) is 0 Å². The van der Waals surface area contributed by atoms with Gasteiger partial charge in [0.2, 0.25) is 11.0 Å². The number of nitrogens with one attached hydrogen (secondary N) is 4. The maximum atomic E-state index is 12.1. The molecule has 1 atom stereocenters. The van der Waals surface area contributed by atoms with Gasteiger partial charge in [0.25, 0.3) is 0 Å². The summed E-state index contributed by atoms with van der Waals surface area (Å²) in [5.41, 5.74) is 2.23. The highest BCUT2D eigenvalue weighted by Gasteiger charge is 2.21. The summed E-state index contributed by atoms with van der Waals surface area (Å²) in [6, 6.07) is 6.85. The van der Waals surface area contributed by atoms with Crippen molar-refractivity contribution in [2.45, 2.75) is 38.6 Å². The van der Waals surface area contributed by atoms with Crippen molar-refractivity contribution in [2.75, 3.05) is 12.4 Å². The number of hydrogen-bond acceptors (Lipinski definition) is 5. The fraction of sp³-hybridized carbons (Fsp3) is 0.412. The number of anilines is 1. The Balaban J connectivity index is 2.06. The summed E-state index contributed by atoms with van der Waals surface area (Å²) in [7, 11) is 1.54. The van der Waals surface area contributed by atoms with Crippen LogP contribution in [0.5, 0.6) is 0 Å². The van der Waals surface area contributed by atoms with Crippen LogP contribution in [0.3, 0.4) is 0 Å².